The Bertz CT molecular complexity index is 398. The first-order chi connectivity index (χ1) is 7.61. The van der Waals surface area contributed by atoms with Gasteiger partial charge < -0.3 is 10.1 Å². The third kappa shape index (κ3) is 3.57. The Morgan fingerprint density at radius 1 is 1.31 bits per heavy atom. The molecule has 0 saturated carbocycles. The quantitative estimate of drug-likeness (QED) is 0.474. The molecule has 1 rings (SSSR count). The summed E-state index contributed by atoms with van der Waals surface area (Å²) in [6, 6.07) is 8.69. The van der Waals surface area contributed by atoms with E-state index in [1.807, 2.05) is 6.07 Å². The summed E-state index contributed by atoms with van der Waals surface area (Å²) in [6.45, 7) is 4.81. The van der Waals surface area contributed by atoms with Gasteiger partial charge in [-0.25, -0.2) is 4.79 Å². The Hall–Kier alpha value is -2.10. The van der Waals surface area contributed by atoms with Crippen LogP contribution in [0.2, 0.25) is 0 Å². The van der Waals surface area contributed by atoms with Gasteiger partial charge in [0.2, 0.25) is 0 Å². The summed E-state index contributed by atoms with van der Waals surface area (Å²) in [5, 5.41) is 2.46. The van der Waals surface area contributed by atoms with Crippen LogP contribution in [0.15, 0.2) is 42.5 Å². The third-order valence-electron chi connectivity index (χ3n) is 1.82. The number of carbonyl (C=O) groups excluding carboxylic acids is 2. The molecule has 0 aliphatic rings. The molecule has 1 N–H and O–H groups in total. The van der Waals surface area contributed by atoms with Gasteiger partial charge in [0, 0.05) is 11.1 Å². The van der Waals surface area contributed by atoms with E-state index in [0.717, 1.165) is 0 Å². The van der Waals surface area contributed by atoms with Gasteiger partial charge in [-0.3, -0.25) is 4.79 Å². The van der Waals surface area contributed by atoms with Crippen molar-refractivity contribution in [2.24, 2.45) is 0 Å². The molecule has 0 atom stereocenters. The van der Waals surface area contributed by atoms with Crippen molar-refractivity contribution in [3.8, 4) is 0 Å². The van der Waals surface area contributed by atoms with Crippen LogP contribution in [0.4, 0.5) is 0 Å². The monoisotopic (exact) mass is 219 g/mol. The number of ether oxygens (including phenoxy) is 1. The SMILES string of the molecule is C=C(C)C(=O)OCNC(=O)c1ccccc1. The van der Waals surface area contributed by atoms with Crippen molar-refractivity contribution < 1.29 is 14.3 Å². The molecule has 4 nitrogen and oxygen atoms in total. The van der Waals surface area contributed by atoms with Crippen LogP contribution in [-0.4, -0.2) is 18.6 Å². The summed E-state index contributed by atoms with van der Waals surface area (Å²) in [5.74, 6) is -0.802. The Kier molecular flexibility index (Phi) is 4.27. The second kappa shape index (κ2) is 5.70. The average Bonchev–Trinajstić information content (AvgIpc) is 2.29. The first kappa shape index (κ1) is 12.0. The molecule has 0 fully saturated rings. The first-order valence-electron chi connectivity index (χ1n) is 4.77. The molecule has 84 valence electrons. The largest absolute Gasteiger partial charge is 0.441 e. The zero-order chi connectivity index (χ0) is 12.0. The van der Waals surface area contributed by atoms with Crippen LogP contribution >= 0.6 is 0 Å². The predicted octanol–water partition coefficient (Wildman–Crippen LogP) is 1.49. The molecule has 0 radical (unpaired) electrons. The van der Waals surface area contributed by atoms with Gasteiger partial charge in [-0.15, -0.1) is 0 Å². The Morgan fingerprint density at radius 2 is 1.94 bits per heavy atom. The Morgan fingerprint density at radius 3 is 2.50 bits per heavy atom. The molecular weight excluding hydrogens is 206 g/mol. The Balaban J connectivity index is 2.37. The number of hydrogen-bond donors (Lipinski definition) is 1. The van der Waals surface area contributed by atoms with Crippen molar-refractivity contribution in [1.29, 1.82) is 0 Å². The highest BCUT2D eigenvalue weighted by atomic mass is 16.5. The van der Waals surface area contributed by atoms with Crippen LogP contribution in [0.25, 0.3) is 0 Å². The molecular formula is C12H13NO3. The summed E-state index contributed by atoms with van der Waals surface area (Å²) in [4.78, 5) is 22.5. The first-order valence-corrected chi connectivity index (χ1v) is 4.77. The van der Waals surface area contributed by atoms with Crippen LogP contribution < -0.4 is 5.32 Å². The zero-order valence-corrected chi connectivity index (χ0v) is 9.03. The molecule has 0 aliphatic heterocycles. The van der Waals surface area contributed by atoms with E-state index in [0.29, 0.717) is 11.1 Å². The second-order valence-corrected chi connectivity index (χ2v) is 3.23. The fraction of sp³-hybridized carbons (Fsp3) is 0.167. The van der Waals surface area contributed by atoms with Crippen LogP contribution in [0.1, 0.15) is 17.3 Å². The van der Waals surface area contributed by atoms with Gasteiger partial charge in [0.1, 0.15) is 0 Å². The minimum absolute atomic E-state index is 0.153. The van der Waals surface area contributed by atoms with E-state index in [2.05, 4.69) is 11.9 Å². The summed E-state index contributed by atoms with van der Waals surface area (Å²) in [5.41, 5.74) is 0.822. The van der Waals surface area contributed by atoms with Gasteiger partial charge >= 0.3 is 5.97 Å². The van der Waals surface area contributed by atoms with Gasteiger partial charge in [-0.2, -0.15) is 0 Å². The smallest absolute Gasteiger partial charge is 0.334 e. The minimum Gasteiger partial charge on any atom is -0.441 e. The van der Waals surface area contributed by atoms with E-state index in [-0.39, 0.29) is 12.6 Å². The molecule has 4 heteroatoms. The highest BCUT2D eigenvalue weighted by molar-refractivity contribution is 5.94. The second-order valence-electron chi connectivity index (χ2n) is 3.23. The van der Waals surface area contributed by atoms with E-state index in [9.17, 15) is 9.59 Å². The average molecular weight is 219 g/mol. The van der Waals surface area contributed by atoms with Crippen molar-refractivity contribution >= 4 is 11.9 Å². The molecule has 1 amide bonds. The Labute approximate surface area is 93.9 Å². The molecule has 0 aliphatic carbocycles. The summed E-state index contributed by atoms with van der Waals surface area (Å²) >= 11 is 0. The fourth-order valence-electron chi connectivity index (χ4n) is 0.982. The number of nitrogens with one attached hydrogen (secondary N) is 1. The summed E-state index contributed by atoms with van der Waals surface area (Å²) < 4.78 is 4.73. The normalized spacial score (nSPS) is 9.31. The maximum Gasteiger partial charge on any atom is 0.334 e. The standard InChI is InChI=1S/C12H13NO3/c1-9(2)12(15)16-8-13-11(14)10-6-4-3-5-7-10/h3-7H,1,8H2,2H3,(H,13,14). The van der Waals surface area contributed by atoms with Gasteiger partial charge in [-0.1, -0.05) is 24.8 Å². The lowest BCUT2D eigenvalue weighted by Crippen LogP contribution is -2.27. The highest BCUT2D eigenvalue weighted by Crippen LogP contribution is 1.97. The summed E-state index contributed by atoms with van der Waals surface area (Å²) in [7, 11) is 0. The molecule has 0 heterocycles. The molecule has 0 bridgehead atoms. The molecule has 0 unspecified atom stereocenters. The molecule has 0 aromatic heterocycles. The maximum absolute atomic E-state index is 11.5. The van der Waals surface area contributed by atoms with Crippen LogP contribution in [-0.2, 0) is 9.53 Å². The third-order valence-corrected chi connectivity index (χ3v) is 1.82. The number of benzene rings is 1. The number of esters is 1. The van der Waals surface area contributed by atoms with Crippen LogP contribution in [0.3, 0.4) is 0 Å². The van der Waals surface area contributed by atoms with E-state index >= 15 is 0 Å². The lowest BCUT2D eigenvalue weighted by Gasteiger charge is -2.06. The van der Waals surface area contributed by atoms with Crippen molar-refractivity contribution in [3.63, 3.8) is 0 Å². The number of rotatable bonds is 4. The molecule has 0 spiro atoms. The van der Waals surface area contributed by atoms with E-state index in [1.165, 1.54) is 0 Å². The van der Waals surface area contributed by atoms with Gasteiger partial charge in [0.25, 0.3) is 5.91 Å². The van der Waals surface area contributed by atoms with Gasteiger partial charge in [0.05, 0.1) is 0 Å². The van der Waals surface area contributed by atoms with E-state index in [4.69, 9.17) is 4.74 Å². The molecule has 1 aromatic rings. The predicted molar refractivity (Wildman–Crippen MR) is 59.7 cm³/mol. The minimum atomic E-state index is -0.520. The lowest BCUT2D eigenvalue weighted by atomic mass is 10.2. The van der Waals surface area contributed by atoms with Crippen LogP contribution in [0, 0.1) is 0 Å². The lowest BCUT2D eigenvalue weighted by molar-refractivity contribution is -0.139. The molecule has 1 aromatic carbocycles. The molecule has 0 saturated heterocycles. The van der Waals surface area contributed by atoms with Crippen molar-refractivity contribution in [2.45, 2.75) is 6.92 Å². The van der Waals surface area contributed by atoms with Gasteiger partial charge in [0.15, 0.2) is 6.73 Å². The van der Waals surface area contributed by atoms with Crippen LogP contribution in [0.5, 0.6) is 0 Å². The number of carbonyl (C=O) groups is 2. The summed E-state index contributed by atoms with van der Waals surface area (Å²) in [6.07, 6.45) is 0. The van der Waals surface area contributed by atoms with Crippen molar-refractivity contribution in [1.82, 2.24) is 5.32 Å². The fourth-order valence-corrected chi connectivity index (χ4v) is 0.982. The topological polar surface area (TPSA) is 55.4 Å². The maximum atomic E-state index is 11.5. The van der Waals surface area contributed by atoms with Gasteiger partial charge in [-0.05, 0) is 19.1 Å². The van der Waals surface area contributed by atoms with E-state index in [1.54, 1.807) is 31.2 Å². The zero-order valence-electron chi connectivity index (χ0n) is 9.03. The number of hydrogen-bond acceptors (Lipinski definition) is 3. The highest BCUT2D eigenvalue weighted by Gasteiger charge is 2.06. The van der Waals surface area contributed by atoms with Crippen molar-refractivity contribution in [2.75, 3.05) is 6.73 Å². The van der Waals surface area contributed by atoms with E-state index < -0.39 is 5.97 Å². The molecule has 16 heavy (non-hydrogen) atoms. The number of amides is 1. The van der Waals surface area contributed by atoms with Crippen molar-refractivity contribution in [3.05, 3.63) is 48.0 Å².